The smallest absolute Gasteiger partial charge is 0.303 e. The van der Waals surface area contributed by atoms with Crippen LogP contribution in [-0.2, 0) is 56.0 Å². The number of carbonyl (C=O) groups is 9. The van der Waals surface area contributed by atoms with E-state index in [-0.39, 0.29) is 78.2 Å². The number of carboxylic acid groups (broad SMARTS) is 1. The molecule has 4 fully saturated rings. The van der Waals surface area contributed by atoms with E-state index in [0.717, 1.165) is 157 Å². The number of carbonyl (C=O) groups excluding carboxylic acids is 8. The topological polar surface area (TPSA) is 461 Å². The lowest BCUT2D eigenvalue weighted by Crippen LogP contribution is -2.63. The first-order valence-corrected chi connectivity index (χ1v) is 57.8. The number of aromatic amines is 1. The van der Waals surface area contributed by atoms with E-state index in [2.05, 4.69) is 94.8 Å². The molecule has 17 unspecified atom stereocenters. The third-order valence-corrected chi connectivity index (χ3v) is 28.7. The molecule has 8 amide bonds. The summed E-state index contributed by atoms with van der Waals surface area (Å²) in [5, 5.41) is 114. The Morgan fingerprint density at radius 3 is 0.870 bits per heavy atom. The number of unbranched alkanes of at least 4 members (excludes halogenated alkanes) is 32. The minimum atomic E-state index is -1.00. The van der Waals surface area contributed by atoms with Gasteiger partial charge in [-0.25, -0.2) is 0 Å². The van der Waals surface area contributed by atoms with Crippen molar-refractivity contribution in [1.82, 2.24) is 67.1 Å². The van der Waals surface area contributed by atoms with Gasteiger partial charge in [-0.3, -0.25) is 62.8 Å². The van der Waals surface area contributed by atoms with Gasteiger partial charge in [-0.15, -0.1) is 0 Å². The summed E-state index contributed by atoms with van der Waals surface area (Å²) in [6.07, 6.45) is 51.8. The molecule has 17 atom stereocenters. The molecule has 5 heterocycles. The molecule has 838 valence electrons. The Labute approximate surface area is 878 Å². The van der Waals surface area contributed by atoms with Gasteiger partial charge in [-0.05, 0) is 186 Å². The molecular formula is C115H205N13O18. The largest absolute Gasteiger partial charge is 0.481 e. The summed E-state index contributed by atoms with van der Waals surface area (Å²) in [5.74, 6) is -2.20. The lowest BCUT2D eigenvalue weighted by atomic mass is 9.94. The lowest BCUT2D eigenvalue weighted by Gasteiger charge is -2.32. The van der Waals surface area contributed by atoms with Gasteiger partial charge >= 0.3 is 5.97 Å². The molecule has 1 aromatic heterocycles. The van der Waals surface area contributed by atoms with Crippen LogP contribution < -0.4 is 42.5 Å². The summed E-state index contributed by atoms with van der Waals surface area (Å²) in [6.45, 7) is 27.2. The van der Waals surface area contributed by atoms with Crippen LogP contribution in [0.3, 0.4) is 0 Å². The predicted molar refractivity (Wildman–Crippen MR) is 585 cm³/mol. The Balaban J connectivity index is 0.000000406. The standard InChI is InChI=1S/C32H52N4O4.C30H51N3O4.C27H53N3O4.C26H49N3O6/c1-3-4-5-6-7-8-9-10-15-26(38)23-36(22-24(2)37)19-14-13-18-29-31(39)35-30(32(40)34-29)20-25-21-33-28-17-12-11-16-27(25)28;1-3-4-5-6-7-8-9-13-18-26(35)23-33(22-24(2)34)20-15-14-19-27-29(36)32-28(30(37)31-27)21-25-16-11-10-12-17-25;1-5-7-8-9-10-11-12-13-16-23(32)20-30(19-22(4)31)18-15-14-17-24-26(33)29-25(21(3)6-2)27(34)28-24;1-3-4-5-6-7-8-9-10-13-21(31)19-29(18-20(2)30)17-12-11-14-22-25(34)28-23(26(35)27-22)15-16-24(32)33/h11-12,16-17,21,24,26,29-30,33,37-38H,3-10,13-15,18-20,22-23H2,1-2H3,(H,34,40)(H,35,39);10-12,16-17,24,26-28,34-35H,3-9,13-15,18-23H2,1-2H3,(H,31,37)(H,32,36);21-25,31-32H,5-20H2,1-4H3,(H,28,34)(H,29,33);20-23,30-31H,3-19H2,1-2H3,(H,27,35)(H,28,34)(H,32,33). The number of hydrogen-bond donors (Lipinski definition) is 18. The first-order valence-electron chi connectivity index (χ1n) is 57.8. The summed E-state index contributed by atoms with van der Waals surface area (Å²) < 4.78 is 0. The van der Waals surface area contributed by atoms with E-state index >= 15 is 0 Å². The molecule has 146 heavy (non-hydrogen) atoms. The molecule has 31 nitrogen and oxygen atoms in total. The van der Waals surface area contributed by atoms with Crippen LogP contribution >= 0.6 is 0 Å². The van der Waals surface area contributed by atoms with Crippen molar-refractivity contribution in [2.24, 2.45) is 5.92 Å². The van der Waals surface area contributed by atoms with E-state index in [1.54, 1.807) is 27.7 Å². The number of H-pyrrole nitrogens is 1. The number of carboxylic acids is 1. The number of aliphatic carboxylic acids is 1. The Morgan fingerprint density at radius 1 is 0.295 bits per heavy atom. The second kappa shape index (κ2) is 80.6. The van der Waals surface area contributed by atoms with Crippen LogP contribution in [0.4, 0.5) is 0 Å². The number of nitrogens with one attached hydrogen (secondary N) is 9. The number of amides is 8. The van der Waals surface area contributed by atoms with Crippen molar-refractivity contribution in [3.8, 4) is 0 Å². The van der Waals surface area contributed by atoms with Gasteiger partial charge < -0.3 is 93.5 Å². The average Bonchev–Trinajstić information content (AvgIpc) is 1.66. The fraction of sp³-hybridized carbons (Fsp3) is 0.800. The van der Waals surface area contributed by atoms with Crippen LogP contribution in [0.15, 0.2) is 60.8 Å². The molecule has 18 N–H and O–H groups in total. The first-order chi connectivity index (χ1) is 70.3. The third kappa shape index (κ3) is 60.7. The molecule has 0 bridgehead atoms. The van der Waals surface area contributed by atoms with Crippen molar-refractivity contribution in [2.45, 2.75) is 507 Å². The zero-order valence-corrected chi connectivity index (χ0v) is 92.0. The highest BCUT2D eigenvalue weighted by Crippen LogP contribution is 2.25. The number of aliphatic hydroxyl groups is 8. The summed E-state index contributed by atoms with van der Waals surface area (Å²) >= 11 is 0. The Bertz CT molecular complexity index is 3920. The zero-order chi connectivity index (χ0) is 107. The molecule has 0 saturated carbocycles. The second-order valence-electron chi connectivity index (χ2n) is 43.1. The van der Waals surface area contributed by atoms with Crippen molar-refractivity contribution in [3.63, 3.8) is 0 Å². The number of hydrogen-bond acceptors (Lipinski definition) is 21. The van der Waals surface area contributed by atoms with Crippen molar-refractivity contribution in [1.29, 1.82) is 0 Å². The SMILES string of the molecule is CCCCCCCCCCC(O)CN(CCCCC1NC(=O)C(C(C)CC)NC1=O)CC(C)O.CCCCCCCCCCC(O)CN(CCCCC1NC(=O)C(CCC(=O)O)NC1=O)CC(C)O.CCCCCCCCCCC(O)CN(CCCCC1NC(=O)C(Cc2c[nH]c3ccccc23)NC1=O)CC(C)O.CCCCCCCCCCC(O)CN(CCCCC1NC(=O)C(Cc2ccccc2)NC1=O)CC(C)O. The molecule has 0 aliphatic carbocycles. The highest BCUT2D eigenvalue weighted by Gasteiger charge is 2.39. The molecule has 31 heteroatoms. The molecule has 2 aromatic carbocycles. The lowest BCUT2D eigenvalue weighted by molar-refractivity contribution is -0.140. The number of piperazine rings is 4. The maximum Gasteiger partial charge on any atom is 0.303 e. The Kier molecular flexibility index (Phi) is 72.3. The molecule has 4 aliphatic heterocycles. The minimum absolute atomic E-state index is 0.0786. The van der Waals surface area contributed by atoms with Gasteiger partial charge in [0.2, 0.25) is 47.3 Å². The Morgan fingerprint density at radius 2 is 0.562 bits per heavy atom. The van der Waals surface area contributed by atoms with Gasteiger partial charge in [0.15, 0.2) is 0 Å². The maximum absolute atomic E-state index is 12.8. The minimum Gasteiger partial charge on any atom is -0.481 e. The molecule has 7 rings (SSSR count). The quantitative estimate of drug-likeness (QED) is 0.0233. The normalized spacial score (nSPS) is 19.9. The molecular weight excluding hydrogens is 1850 g/mol. The van der Waals surface area contributed by atoms with Crippen LogP contribution in [0.2, 0.25) is 0 Å². The van der Waals surface area contributed by atoms with Crippen LogP contribution in [-0.4, -0.2) is 299 Å². The van der Waals surface area contributed by atoms with E-state index in [1.165, 1.54) is 167 Å². The number of aromatic nitrogens is 1. The number of nitrogens with zero attached hydrogens (tertiary/aromatic N) is 4. The van der Waals surface area contributed by atoms with Gasteiger partial charge in [-0.1, -0.05) is 302 Å². The van der Waals surface area contributed by atoms with Gasteiger partial charge in [0.1, 0.15) is 48.3 Å². The monoisotopic (exact) mass is 2060 g/mol. The van der Waals surface area contributed by atoms with Crippen LogP contribution in [0, 0.1) is 5.92 Å². The predicted octanol–water partition coefficient (Wildman–Crippen LogP) is 14.7. The number of fused-ring (bicyclic) bond motifs is 1. The summed E-state index contributed by atoms with van der Waals surface area (Å²) in [4.78, 5) is 122. The van der Waals surface area contributed by atoms with E-state index in [0.29, 0.717) is 104 Å². The van der Waals surface area contributed by atoms with E-state index in [9.17, 15) is 84.0 Å². The van der Waals surface area contributed by atoms with Gasteiger partial charge in [0.25, 0.3) is 0 Å². The van der Waals surface area contributed by atoms with Gasteiger partial charge in [-0.2, -0.15) is 0 Å². The van der Waals surface area contributed by atoms with Crippen molar-refractivity contribution < 1.29 is 89.1 Å². The number of para-hydroxylation sites is 1. The van der Waals surface area contributed by atoms with Gasteiger partial charge in [0, 0.05) is 88.7 Å². The average molecular weight is 2060 g/mol. The summed E-state index contributed by atoms with van der Waals surface area (Å²) in [6, 6.07) is 13.2. The molecule has 4 aliphatic rings. The van der Waals surface area contributed by atoms with Crippen LogP contribution in [0.1, 0.15) is 408 Å². The molecule has 4 saturated heterocycles. The maximum atomic E-state index is 12.8. The first kappa shape index (κ1) is 131. The van der Waals surface area contributed by atoms with Crippen LogP contribution in [0.25, 0.3) is 10.9 Å². The highest BCUT2D eigenvalue weighted by atomic mass is 16.4. The number of aliphatic hydroxyl groups excluding tert-OH is 8. The number of rotatable bonds is 81. The second-order valence-corrected chi connectivity index (χ2v) is 43.1. The number of benzene rings is 2. The fourth-order valence-electron chi connectivity index (χ4n) is 20.1. The summed E-state index contributed by atoms with van der Waals surface area (Å²) in [5.41, 5.74) is 3.05. The zero-order valence-electron chi connectivity index (χ0n) is 92.0. The van der Waals surface area contributed by atoms with Crippen LogP contribution in [0.5, 0.6) is 0 Å². The molecule has 0 radical (unpaired) electrons. The molecule has 0 spiro atoms. The Hall–Kier alpha value is -7.27. The molecule has 3 aromatic rings. The van der Waals surface area contributed by atoms with Crippen molar-refractivity contribution in [3.05, 3.63) is 71.9 Å². The van der Waals surface area contributed by atoms with Crippen molar-refractivity contribution in [2.75, 3.05) is 78.5 Å². The van der Waals surface area contributed by atoms with E-state index in [4.69, 9.17) is 5.11 Å². The highest BCUT2D eigenvalue weighted by molar-refractivity contribution is 5.99. The van der Waals surface area contributed by atoms with Gasteiger partial charge in [0.05, 0.1) is 48.8 Å². The van der Waals surface area contributed by atoms with Crippen molar-refractivity contribution >= 4 is 64.1 Å². The summed E-state index contributed by atoms with van der Waals surface area (Å²) in [7, 11) is 0. The van der Waals surface area contributed by atoms with E-state index < -0.39 is 90.9 Å². The fourth-order valence-corrected chi connectivity index (χ4v) is 20.1. The third-order valence-electron chi connectivity index (χ3n) is 28.7. The van der Waals surface area contributed by atoms with E-state index in [1.807, 2.05) is 74.6 Å².